The van der Waals surface area contributed by atoms with E-state index in [2.05, 4.69) is 4.99 Å². The maximum absolute atomic E-state index is 13.1. The lowest BCUT2D eigenvalue weighted by molar-refractivity contribution is -0.132. The molecule has 24 heteroatoms. The number of guanidine groups is 1. The van der Waals surface area contributed by atoms with Crippen LogP contribution < -0.4 is 11.5 Å². The van der Waals surface area contributed by atoms with Crippen molar-refractivity contribution in [3.8, 4) is 0 Å². The third-order valence-electron chi connectivity index (χ3n) is 13.6. The maximum atomic E-state index is 13.1. The van der Waals surface area contributed by atoms with E-state index >= 15 is 0 Å². The number of aliphatic carboxylic acids is 1. The Hall–Kier alpha value is -5.36. The second-order valence-corrected chi connectivity index (χ2v) is 22.7. The van der Waals surface area contributed by atoms with Gasteiger partial charge < -0.3 is 83.0 Å². The van der Waals surface area contributed by atoms with E-state index < -0.39 is 126 Å². The van der Waals surface area contributed by atoms with Crippen LogP contribution in [0.2, 0.25) is 0 Å². The highest BCUT2D eigenvalue weighted by Crippen LogP contribution is 2.22. The molecular weight excluding hydrogens is 1150 g/mol. The fourth-order valence-corrected chi connectivity index (χ4v) is 8.97. The minimum atomic E-state index is -4.97. The van der Waals surface area contributed by atoms with E-state index in [0.717, 1.165) is 12.8 Å². The summed E-state index contributed by atoms with van der Waals surface area (Å²) in [4.78, 5) is 27.7. The third kappa shape index (κ3) is 43.9. The zero-order chi connectivity index (χ0) is 65.9. The van der Waals surface area contributed by atoms with Crippen molar-refractivity contribution in [2.45, 2.75) is 203 Å². The number of nitrogens with zero attached hydrogens (tertiary/aromatic N) is 1. The molecule has 494 valence electrons. The van der Waals surface area contributed by atoms with Crippen LogP contribution in [0, 0.1) is 17.8 Å². The van der Waals surface area contributed by atoms with Crippen LogP contribution in [0.3, 0.4) is 0 Å². The van der Waals surface area contributed by atoms with Crippen LogP contribution in [0.4, 0.5) is 0 Å². The summed E-state index contributed by atoms with van der Waals surface area (Å²) in [5, 5.41) is 144. The molecule has 0 saturated carbocycles. The van der Waals surface area contributed by atoms with Gasteiger partial charge in [-0.2, -0.15) is 8.42 Å². The molecule has 0 amide bonds. The Kier molecular flexibility index (Phi) is 44.7. The summed E-state index contributed by atoms with van der Waals surface area (Å²) in [7, 11) is -4.97. The number of hydrogen-bond donors (Lipinski definition) is 17. The van der Waals surface area contributed by atoms with Gasteiger partial charge in [0.05, 0.1) is 79.4 Å². The van der Waals surface area contributed by atoms with Gasteiger partial charge in [-0.1, -0.05) is 161 Å². The average Bonchev–Trinajstić information content (AvgIpc) is 3.48. The summed E-state index contributed by atoms with van der Waals surface area (Å²) in [5.74, 6) is -3.39. The predicted octanol–water partition coefficient (Wildman–Crippen LogP) is 3.23. The number of carbonyl (C=O) groups is 2. The number of carboxylic acids is 1. The average molecular weight is 1250 g/mol. The van der Waals surface area contributed by atoms with E-state index in [1.165, 1.54) is 50.3 Å². The monoisotopic (exact) mass is 1250 g/mol. The summed E-state index contributed by atoms with van der Waals surface area (Å²) >= 11 is 0. The van der Waals surface area contributed by atoms with Crippen molar-refractivity contribution in [2.24, 2.45) is 34.2 Å². The van der Waals surface area contributed by atoms with Gasteiger partial charge in [-0.15, -0.1) is 0 Å². The Balaban J connectivity index is 4.84. The third-order valence-corrected chi connectivity index (χ3v) is 14.1. The van der Waals surface area contributed by atoms with Crippen molar-refractivity contribution in [1.82, 2.24) is 0 Å². The molecule has 0 bridgehead atoms. The lowest BCUT2D eigenvalue weighted by Crippen LogP contribution is -2.41. The van der Waals surface area contributed by atoms with Gasteiger partial charge in [-0.25, -0.2) is 8.98 Å². The summed E-state index contributed by atoms with van der Waals surface area (Å²) < 4.78 is 37.4. The van der Waals surface area contributed by atoms with Crippen LogP contribution in [-0.4, -0.2) is 194 Å². The fourth-order valence-electron chi connectivity index (χ4n) is 8.42. The van der Waals surface area contributed by atoms with Crippen molar-refractivity contribution in [2.75, 3.05) is 6.54 Å². The number of aliphatic imine (C=N–C) groups is 1. The summed E-state index contributed by atoms with van der Waals surface area (Å²) in [6.45, 7) is 6.83. The first kappa shape index (κ1) is 81.6. The molecule has 17 unspecified atom stereocenters. The largest absolute Gasteiger partial charge is 0.478 e. The molecule has 19 N–H and O–H groups in total. The first-order valence-electron chi connectivity index (χ1n) is 29.3. The van der Waals surface area contributed by atoms with Gasteiger partial charge in [0.25, 0.3) is 0 Å². The summed E-state index contributed by atoms with van der Waals surface area (Å²) in [6.07, 6.45) is 20.9. The number of nitrogens with two attached hydrogens (primary N) is 2. The first-order valence-corrected chi connectivity index (χ1v) is 30.6. The number of carbonyl (C=O) groups excluding carboxylic acids is 1. The number of rotatable bonds is 48. The highest BCUT2D eigenvalue weighted by atomic mass is 32.3. The van der Waals surface area contributed by atoms with Crippen LogP contribution >= 0.6 is 0 Å². The predicted molar refractivity (Wildman–Crippen MR) is 334 cm³/mol. The van der Waals surface area contributed by atoms with Crippen LogP contribution in [0.5, 0.6) is 0 Å². The molecule has 0 saturated heterocycles. The second-order valence-electron chi connectivity index (χ2n) is 21.7. The fraction of sp³-hybridized carbons (Fsp3) is 0.571. The molecule has 0 aromatic heterocycles. The van der Waals surface area contributed by atoms with Crippen LogP contribution in [0.1, 0.15) is 118 Å². The topological polar surface area (TPSA) is 445 Å². The van der Waals surface area contributed by atoms with Crippen LogP contribution in [0.15, 0.2) is 150 Å². The van der Waals surface area contributed by atoms with E-state index in [1.54, 1.807) is 85.9 Å². The second kappa shape index (κ2) is 47.6. The number of carboxylic acid groups (broad SMARTS) is 1. The van der Waals surface area contributed by atoms with E-state index in [4.69, 9.17) is 20.8 Å². The molecule has 0 aliphatic carbocycles. The Bertz CT molecular complexity index is 2430. The minimum absolute atomic E-state index is 0.0340. The Labute approximate surface area is 513 Å². The first-order chi connectivity index (χ1) is 40.9. The van der Waals surface area contributed by atoms with Gasteiger partial charge in [-0.3, -0.25) is 14.3 Å². The molecule has 87 heavy (non-hydrogen) atoms. The number of aliphatic hydroxyl groups is 13. The van der Waals surface area contributed by atoms with E-state index in [-0.39, 0.29) is 88.2 Å². The highest BCUT2D eigenvalue weighted by molar-refractivity contribution is 7.80. The van der Waals surface area contributed by atoms with Crippen LogP contribution in [-0.2, 0) is 24.2 Å². The number of Topliss-reactive ketones (excluding diaryl/α,β-unsaturated/α-hetero) is 1. The molecule has 0 heterocycles. The van der Waals surface area contributed by atoms with Crippen molar-refractivity contribution in [1.29, 1.82) is 0 Å². The maximum Gasteiger partial charge on any atom is 0.397 e. The van der Waals surface area contributed by atoms with Crippen molar-refractivity contribution >= 4 is 28.1 Å². The van der Waals surface area contributed by atoms with Gasteiger partial charge in [-0.05, 0) is 64.7 Å². The molecule has 0 aliphatic heterocycles. The Morgan fingerprint density at radius 1 is 0.529 bits per heavy atom. The van der Waals surface area contributed by atoms with Gasteiger partial charge >= 0.3 is 16.4 Å². The van der Waals surface area contributed by atoms with Gasteiger partial charge in [0.15, 0.2) is 5.96 Å². The zero-order valence-corrected chi connectivity index (χ0v) is 51.3. The quantitative estimate of drug-likeness (QED) is 0.00791. The van der Waals surface area contributed by atoms with Crippen LogP contribution in [0.25, 0.3) is 0 Å². The molecular formula is C63H101N3O20S. The van der Waals surface area contributed by atoms with Crippen molar-refractivity contribution in [3.05, 3.63) is 145 Å². The molecule has 0 aromatic carbocycles. The van der Waals surface area contributed by atoms with E-state index in [1.807, 2.05) is 31.2 Å². The van der Waals surface area contributed by atoms with Crippen molar-refractivity contribution in [3.63, 3.8) is 0 Å². The lowest BCUT2D eigenvalue weighted by atomic mass is 9.88. The molecule has 23 nitrogen and oxygen atoms in total. The minimum Gasteiger partial charge on any atom is -0.478 e. The molecule has 0 spiro atoms. The molecule has 0 aromatic rings. The zero-order valence-electron chi connectivity index (χ0n) is 50.5. The lowest BCUT2D eigenvalue weighted by Gasteiger charge is -2.26. The number of hydrogen-bond acceptors (Lipinski definition) is 19. The molecule has 0 rings (SSSR count). The SMILES string of the molecule is CC(=CC=CC=CCCC=CC(C)C(O)C(C)C(O)C=CC=CC=CC=CC=CC=CCC(OS(=O)(=O)O)C(C)C(=O)CC(O)CC(O)C=CCC(O)CC(O)CC(O)C=CCC(O)CC(O)C(O)C(O)CC(O)CC(O)CCCN=C(N)N)C(=O)O. The molecule has 0 radical (unpaired) electrons. The summed E-state index contributed by atoms with van der Waals surface area (Å²) in [6, 6.07) is 0. The van der Waals surface area contributed by atoms with E-state index in [9.17, 15) is 88.9 Å². The van der Waals surface area contributed by atoms with Gasteiger partial charge in [0.1, 0.15) is 11.9 Å². The number of unbranched alkanes of at least 4 members (excludes halogenated alkanes) is 1. The smallest absolute Gasteiger partial charge is 0.397 e. The van der Waals surface area contributed by atoms with Crippen molar-refractivity contribution < 1.29 is 98.2 Å². The Morgan fingerprint density at radius 3 is 1.57 bits per heavy atom. The number of aliphatic hydroxyl groups excluding tert-OH is 13. The number of allylic oxidation sites excluding steroid dienone is 16. The standard InChI is InChI=1S/C63H101N3O20S/c1-43(26-19-15-11-10-12-16-20-27-44(2)62(81)82)60(79)46(4)55(75)33-21-17-13-8-6-5-7-9-14-18-22-34-59(86-87(83,84)85)45(3)56(76)41-53(73)38-49(69)29-23-28-47(67)36-52(72)37-48(68)30-24-31-51(71)40-57(77)61(80)58(78)42-54(74)39-50(70)32-25-35-66-63(64)65/h5-10,12-14,16-24,26-27,29-30,33,43,45-55,57-61,67-75,77-80H,11,15,25,28,31-32,34-42H2,1-4H3,(H,81,82)(H4,64,65,66)(H,83,84,85). The molecule has 0 fully saturated rings. The van der Waals surface area contributed by atoms with Gasteiger partial charge in [0, 0.05) is 62.0 Å². The molecule has 17 atom stereocenters. The van der Waals surface area contributed by atoms with Gasteiger partial charge in [0.2, 0.25) is 0 Å². The van der Waals surface area contributed by atoms with E-state index in [0.29, 0.717) is 6.42 Å². The number of ketones is 1. The highest BCUT2D eigenvalue weighted by Gasteiger charge is 2.31. The normalized spacial score (nSPS) is 19.4. The Morgan fingerprint density at radius 2 is 1.01 bits per heavy atom. The molecule has 0 aliphatic rings. The summed E-state index contributed by atoms with van der Waals surface area (Å²) in [5.41, 5.74) is 10.7.